The van der Waals surface area contributed by atoms with Crippen LogP contribution in [0.3, 0.4) is 0 Å². The van der Waals surface area contributed by atoms with Crippen molar-refractivity contribution in [2.24, 2.45) is 0 Å². The van der Waals surface area contributed by atoms with Crippen molar-refractivity contribution in [1.82, 2.24) is 19.5 Å². The van der Waals surface area contributed by atoms with E-state index in [4.69, 9.17) is 4.98 Å². The van der Waals surface area contributed by atoms with Crippen molar-refractivity contribution in [1.29, 1.82) is 0 Å². The summed E-state index contributed by atoms with van der Waals surface area (Å²) in [4.78, 5) is 14.3. The highest BCUT2D eigenvalue weighted by molar-refractivity contribution is 6.10. The minimum absolute atomic E-state index is 0.842. The zero-order valence-corrected chi connectivity index (χ0v) is 29.9. The van der Waals surface area contributed by atoms with Crippen molar-refractivity contribution in [3.05, 3.63) is 207 Å². The lowest BCUT2D eigenvalue weighted by atomic mass is 9.97. The van der Waals surface area contributed by atoms with Crippen LogP contribution in [-0.4, -0.2) is 19.5 Å². The monoisotopic (exact) mass is 702 g/mol. The lowest BCUT2D eigenvalue weighted by molar-refractivity contribution is 1.17. The Labute approximate surface area is 319 Å². The molecule has 0 unspecified atom stereocenters. The van der Waals surface area contributed by atoms with Crippen LogP contribution in [0.25, 0.3) is 94.6 Å². The van der Waals surface area contributed by atoms with E-state index in [1.54, 1.807) is 0 Å². The SMILES string of the molecule is c1ccc(-c2ccc(-c3cc(-c4ccc(-c5ccc6c(c5)c5cnccc5n6-c5ccc(-c6ccccc6)cc5)cc4)cc(-c4ccccn4)n3)cc2)cc1. The average Bonchev–Trinajstić information content (AvgIpc) is 3.61. The first-order valence-corrected chi connectivity index (χ1v) is 18.5. The Balaban J connectivity index is 1.00. The van der Waals surface area contributed by atoms with Gasteiger partial charge in [-0.2, -0.15) is 0 Å². The smallest absolute Gasteiger partial charge is 0.0899 e. The third-order valence-electron chi connectivity index (χ3n) is 10.4. The second kappa shape index (κ2) is 13.8. The van der Waals surface area contributed by atoms with Gasteiger partial charge in [-0.3, -0.25) is 9.97 Å². The zero-order valence-electron chi connectivity index (χ0n) is 29.9. The van der Waals surface area contributed by atoms with E-state index >= 15 is 0 Å². The van der Waals surface area contributed by atoms with Gasteiger partial charge in [0.25, 0.3) is 0 Å². The van der Waals surface area contributed by atoms with E-state index in [1.807, 2.05) is 42.9 Å². The van der Waals surface area contributed by atoms with E-state index < -0.39 is 0 Å². The second-order valence-electron chi connectivity index (χ2n) is 13.7. The molecule has 0 bridgehead atoms. The largest absolute Gasteiger partial charge is 0.309 e. The van der Waals surface area contributed by atoms with Crippen LogP contribution in [0.5, 0.6) is 0 Å². The standard InChI is InChI=1S/C51H34N4/c1-3-9-35(10-4-1)37-18-20-41(21-19-37)48-32-43(33-49(54-48)47-13-7-8-29-53-47)40-16-14-39(15-17-40)42-24-27-50-45(31-42)46-34-52-30-28-51(46)55(50)44-25-22-38(23-26-44)36-11-5-2-6-12-36/h1-34H. The number of pyridine rings is 3. The molecule has 0 fully saturated rings. The maximum Gasteiger partial charge on any atom is 0.0899 e. The second-order valence-corrected chi connectivity index (χ2v) is 13.7. The van der Waals surface area contributed by atoms with Gasteiger partial charge in [0, 0.05) is 40.6 Å². The fourth-order valence-corrected chi connectivity index (χ4v) is 7.57. The Kier molecular flexibility index (Phi) is 8.12. The molecule has 0 radical (unpaired) electrons. The summed E-state index contributed by atoms with van der Waals surface area (Å²) in [5.41, 5.74) is 16.4. The predicted molar refractivity (Wildman–Crippen MR) is 227 cm³/mol. The van der Waals surface area contributed by atoms with E-state index in [2.05, 4.69) is 178 Å². The number of hydrogen-bond donors (Lipinski definition) is 0. The number of aromatic nitrogens is 4. The molecule has 55 heavy (non-hydrogen) atoms. The normalized spacial score (nSPS) is 11.3. The van der Waals surface area contributed by atoms with E-state index in [0.29, 0.717) is 0 Å². The summed E-state index contributed by atoms with van der Waals surface area (Å²) < 4.78 is 2.34. The Morgan fingerprint density at radius 3 is 1.51 bits per heavy atom. The van der Waals surface area contributed by atoms with Crippen LogP contribution in [0, 0.1) is 0 Å². The number of rotatable bonds is 7. The summed E-state index contributed by atoms with van der Waals surface area (Å²) in [6, 6.07) is 66.4. The van der Waals surface area contributed by atoms with Crippen molar-refractivity contribution in [2.75, 3.05) is 0 Å². The Hall–Kier alpha value is -7.43. The molecule has 0 aliphatic carbocycles. The topological polar surface area (TPSA) is 43.6 Å². The summed E-state index contributed by atoms with van der Waals surface area (Å²) in [6.07, 6.45) is 5.67. The van der Waals surface area contributed by atoms with Crippen molar-refractivity contribution < 1.29 is 0 Å². The molecule has 6 aromatic carbocycles. The van der Waals surface area contributed by atoms with Crippen LogP contribution in [0.1, 0.15) is 0 Å². The van der Waals surface area contributed by atoms with Gasteiger partial charge in [-0.1, -0.05) is 133 Å². The van der Waals surface area contributed by atoms with Crippen LogP contribution in [-0.2, 0) is 0 Å². The Morgan fingerprint density at radius 2 is 0.855 bits per heavy atom. The summed E-state index contributed by atoms with van der Waals surface area (Å²) >= 11 is 0. The van der Waals surface area contributed by atoms with Gasteiger partial charge in [0.1, 0.15) is 0 Å². The predicted octanol–water partition coefficient (Wildman–Crippen LogP) is 13.0. The van der Waals surface area contributed by atoms with Crippen molar-refractivity contribution in [3.8, 4) is 72.8 Å². The molecule has 0 atom stereocenters. The highest BCUT2D eigenvalue weighted by Crippen LogP contribution is 2.37. The first kappa shape index (κ1) is 32.2. The summed E-state index contributed by atoms with van der Waals surface area (Å²) in [5.74, 6) is 0. The molecule has 258 valence electrons. The Morgan fingerprint density at radius 1 is 0.327 bits per heavy atom. The molecule has 0 aliphatic heterocycles. The lowest BCUT2D eigenvalue weighted by Gasteiger charge is -2.12. The third kappa shape index (κ3) is 6.16. The fraction of sp³-hybridized carbons (Fsp3) is 0. The van der Waals surface area contributed by atoms with Crippen LogP contribution >= 0.6 is 0 Å². The van der Waals surface area contributed by atoms with Crippen molar-refractivity contribution in [3.63, 3.8) is 0 Å². The number of benzene rings is 6. The number of nitrogens with zero attached hydrogens (tertiary/aromatic N) is 4. The average molecular weight is 703 g/mol. The molecule has 0 amide bonds. The van der Waals surface area contributed by atoms with Gasteiger partial charge in [-0.05, 0) is 99.1 Å². The maximum absolute atomic E-state index is 5.09. The minimum atomic E-state index is 0.842. The molecule has 10 aromatic rings. The van der Waals surface area contributed by atoms with Crippen LogP contribution < -0.4 is 0 Å². The number of fused-ring (bicyclic) bond motifs is 3. The minimum Gasteiger partial charge on any atom is -0.309 e. The van der Waals surface area contributed by atoms with Crippen LogP contribution in [0.4, 0.5) is 0 Å². The quantitative estimate of drug-likeness (QED) is 0.166. The summed E-state index contributed by atoms with van der Waals surface area (Å²) in [5, 5.41) is 2.31. The fourth-order valence-electron chi connectivity index (χ4n) is 7.57. The van der Waals surface area contributed by atoms with E-state index in [-0.39, 0.29) is 0 Å². The molecule has 4 heteroatoms. The van der Waals surface area contributed by atoms with Gasteiger partial charge in [0.05, 0.1) is 28.1 Å². The Bertz CT molecular complexity index is 2920. The molecular weight excluding hydrogens is 669 g/mol. The summed E-state index contributed by atoms with van der Waals surface area (Å²) in [7, 11) is 0. The van der Waals surface area contributed by atoms with Gasteiger partial charge in [-0.15, -0.1) is 0 Å². The molecular formula is C51H34N4. The molecule has 0 aliphatic rings. The highest BCUT2D eigenvalue weighted by atomic mass is 15.0. The summed E-state index contributed by atoms with van der Waals surface area (Å²) in [6.45, 7) is 0. The van der Waals surface area contributed by atoms with Gasteiger partial charge in [0.2, 0.25) is 0 Å². The van der Waals surface area contributed by atoms with Crippen molar-refractivity contribution in [2.45, 2.75) is 0 Å². The first-order valence-electron chi connectivity index (χ1n) is 18.5. The molecule has 10 rings (SSSR count). The van der Waals surface area contributed by atoms with E-state index in [9.17, 15) is 0 Å². The molecule has 0 N–H and O–H groups in total. The zero-order chi connectivity index (χ0) is 36.6. The lowest BCUT2D eigenvalue weighted by Crippen LogP contribution is -1.94. The van der Waals surface area contributed by atoms with E-state index in [0.717, 1.165) is 67.0 Å². The number of hydrogen-bond acceptors (Lipinski definition) is 3. The van der Waals surface area contributed by atoms with Gasteiger partial charge < -0.3 is 4.57 Å². The molecule has 4 nitrogen and oxygen atoms in total. The van der Waals surface area contributed by atoms with Gasteiger partial charge in [0.15, 0.2) is 0 Å². The van der Waals surface area contributed by atoms with Crippen LogP contribution in [0.2, 0.25) is 0 Å². The highest BCUT2D eigenvalue weighted by Gasteiger charge is 2.15. The molecule has 0 spiro atoms. The van der Waals surface area contributed by atoms with Crippen LogP contribution in [0.15, 0.2) is 207 Å². The molecule has 0 saturated heterocycles. The molecule has 4 aromatic heterocycles. The first-order chi connectivity index (χ1) is 27.2. The van der Waals surface area contributed by atoms with E-state index in [1.165, 1.54) is 27.6 Å². The molecule has 4 heterocycles. The van der Waals surface area contributed by atoms with Gasteiger partial charge >= 0.3 is 0 Å². The van der Waals surface area contributed by atoms with Gasteiger partial charge in [-0.25, -0.2) is 4.98 Å². The van der Waals surface area contributed by atoms with Crippen molar-refractivity contribution >= 4 is 21.8 Å². The third-order valence-corrected chi connectivity index (χ3v) is 10.4. The molecule has 0 saturated carbocycles. The maximum atomic E-state index is 5.09.